The van der Waals surface area contributed by atoms with Gasteiger partial charge in [-0.25, -0.2) is 0 Å². The number of nitrogens with zero attached hydrogens (tertiary/aromatic N) is 2. The number of benzene rings is 2. The first-order chi connectivity index (χ1) is 13.7. The minimum atomic E-state index is -4.89. The maximum Gasteiger partial charge on any atom is 0.471 e. The van der Waals surface area contributed by atoms with Crippen LogP contribution in [0, 0.1) is 0 Å². The highest BCUT2D eigenvalue weighted by molar-refractivity contribution is 6.34. The molecule has 154 valence electrons. The molecule has 1 heterocycles. The Kier molecular flexibility index (Phi) is 6.24. The van der Waals surface area contributed by atoms with Gasteiger partial charge in [0.2, 0.25) is 0 Å². The van der Waals surface area contributed by atoms with Gasteiger partial charge >= 0.3 is 12.1 Å². The molecule has 0 aromatic heterocycles. The Morgan fingerprint density at radius 2 is 1.62 bits per heavy atom. The minimum absolute atomic E-state index is 0.0845. The minimum Gasteiger partial charge on any atom is -0.366 e. The maximum atomic E-state index is 12.6. The van der Waals surface area contributed by atoms with Crippen LogP contribution >= 0.6 is 23.2 Å². The normalized spacial score (nSPS) is 14.7. The van der Waals surface area contributed by atoms with Crippen molar-refractivity contribution in [2.45, 2.75) is 6.18 Å². The van der Waals surface area contributed by atoms with Gasteiger partial charge in [-0.3, -0.25) is 9.59 Å². The number of carbonyl (C=O) groups is 2. The van der Waals surface area contributed by atoms with E-state index < -0.39 is 18.0 Å². The molecule has 29 heavy (non-hydrogen) atoms. The highest BCUT2D eigenvalue weighted by Crippen LogP contribution is 2.31. The van der Waals surface area contributed by atoms with Gasteiger partial charge < -0.3 is 15.1 Å². The quantitative estimate of drug-likeness (QED) is 0.758. The van der Waals surface area contributed by atoms with Crippen LogP contribution in [0.25, 0.3) is 0 Å². The molecule has 3 rings (SSSR count). The van der Waals surface area contributed by atoms with Gasteiger partial charge in [-0.05, 0) is 30.3 Å². The predicted octanol–water partition coefficient (Wildman–Crippen LogP) is 4.46. The van der Waals surface area contributed by atoms with Gasteiger partial charge in [0.1, 0.15) is 0 Å². The molecule has 0 bridgehead atoms. The number of anilines is 2. The van der Waals surface area contributed by atoms with E-state index in [0.717, 1.165) is 4.90 Å². The Morgan fingerprint density at radius 3 is 2.24 bits per heavy atom. The molecule has 10 heteroatoms. The van der Waals surface area contributed by atoms with E-state index in [1.54, 1.807) is 47.4 Å². The van der Waals surface area contributed by atoms with Crippen molar-refractivity contribution in [3.8, 4) is 0 Å². The highest BCUT2D eigenvalue weighted by atomic mass is 35.5. The monoisotopic (exact) mass is 445 g/mol. The molecule has 1 aliphatic rings. The van der Waals surface area contributed by atoms with Crippen molar-refractivity contribution in [3.05, 3.63) is 58.1 Å². The van der Waals surface area contributed by atoms with Crippen LogP contribution in [0.15, 0.2) is 42.5 Å². The van der Waals surface area contributed by atoms with Crippen LogP contribution < -0.4 is 10.2 Å². The summed E-state index contributed by atoms with van der Waals surface area (Å²) in [4.78, 5) is 26.6. The molecular weight excluding hydrogens is 430 g/mol. The zero-order valence-corrected chi connectivity index (χ0v) is 16.5. The van der Waals surface area contributed by atoms with Gasteiger partial charge in [0.25, 0.3) is 5.91 Å². The molecule has 1 saturated heterocycles. The van der Waals surface area contributed by atoms with Crippen molar-refractivity contribution in [1.82, 2.24) is 4.90 Å². The number of hydrogen-bond acceptors (Lipinski definition) is 3. The summed E-state index contributed by atoms with van der Waals surface area (Å²) in [5, 5.41) is 3.42. The standard InChI is InChI=1S/C19H16Cl2F3N3O2/c20-12-5-6-16(26-7-9-27(10-8-26)18(29)19(22,23)24)15(11-12)25-17(28)13-3-1-2-4-14(13)21/h1-6,11H,7-10H2,(H,25,28). The largest absolute Gasteiger partial charge is 0.471 e. The Labute approximate surface area is 175 Å². The summed E-state index contributed by atoms with van der Waals surface area (Å²) in [5.41, 5.74) is 1.27. The molecule has 5 nitrogen and oxygen atoms in total. The number of rotatable bonds is 3. The number of piperazine rings is 1. The lowest BCUT2D eigenvalue weighted by atomic mass is 10.1. The van der Waals surface area contributed by atoms with Gasteiger partial charge in [0.05, 0.1) is 22.0 Å². The first-order valence-corrected chi connectivity index (χ1v) is 9.39. The van der Waals surface area contributed by atoms with Gasteiger partial charge in [0, 0.05) is 31.2 Å². The predicted molar refractivity (Wildman–Crippen MR) is 106 cm³/mol. The van der Waals surface area contributed by atoms with E-state index in [4.69, 9.17) is 23.2 Å². The van der Waals surface area contributed by atoms with Crippen LogP contribution in [0.1, 0.15) is 10.4 Å². The van der Waals surface area contributed by atoms with Crippen LogP contribution in [0.5, 0.6) is 0 Å². The van der Waals surface area contributed by atoms with Crippen LogP contribution in [0.3, 0.4) is 0 Å². The molecule has 0 radical (unpaired) electrons. The summed E-state index contributed by atoms with van der Waals surface area (Å²) < 4.78 is 37.9. The smallest absolute Gasteiger partial charge is 0.366 e. The lowest BCUT2D eigenvalue weighted by Crippen LogP contribution is -2.52. The summed E-state index contributed by atoms with van der Waals surface area (Å²) in [6.07, 6.45) is -4.89. The molecule has 0 unspecified atom stereocenters. The molecule has 0 saturated carbocycles. The molecule has 2 aromatic rings. The molecule has 2 aromatic carbocycles. The number of halogens is 5. The summed E-state index contributed by atoms with van der Waals surface area (Å²) in [6.45, 7) is 0.189. The SMILES string of the molecule is O=C(Nc1cc(Cl)ccc1N1CCN(C(=O)C(F)(F)F)CC1)c1ccccc1Cl. The first-order valence-electron chi connectivity index (χ1n) is 8.63. The molecular formula is C19H16Cl2F3N3O2. The van der Waals surface area contributed by atoms with E-state index in [2.05, 4.69) is 5.32 Å². The van der Waals surface area contributed by atoms with Crippen molar-refractivity contribution in [2.24, 2.45) is 0 Å². The lowest BCUT2D eigenvalue weighted by molar-refractivity contribution is -0.185. The second-order valence-corrected chi connectivity index (χ2v) is 7.22. The average molecular weight is 446 g/mol. The fraction of sp³-hybridized carbons (Fsp3) is 0.263. The molecule has 1 fully saturated rings. The number of alkyl halides is 3. The second kappa shape index (κ2) is 8.51. The third kappa shape index (κ3) is 4.94. The fourth-order valence-corrected chi connectivity index (χ4v) is 3.44. The molecule has 0 aliphatic carbocycles. The van der Waals surface area contributed by atoms with E-state index >= 15 is 0 Å². The van der Waals surface area contributed by atoms with E-state index in [1.807, 2.05) is 0 Å². The van der Waals surface area contributed by atoms with Gasteiger partial charge in [-0.2, -0.15) is 13.2 Å². The molecule has 1 aliphatic heterocycles. The summed E-state index contributed by atoms with van der Waals surface area (Å²) >= 11 is 12.1. The van der Waals surface area contributed by atoms with Crippen LogP contribution in [0.2, 0.25) is 10.0 Å². The summed E-state index contributed by atoms with van der Waals surface area (Å²) in [6, 6.07) is 11.4. The Bertz CT molecular complexity index is 929. The number of carbonyl (C=O) groups excluding carboxylic acids is 2. The van der Waals surface area contributed by atoms with Crippen molar-refractivity contribution in [3.63, 3.8) is 0 Å². The van der Waals surface area contributed by atoms with E-state index in [1.165, 1.54) is 0 Å². The zero-order valence-electron chi connectivity index (χ0n) is 15.0. The van der Waals surface area contributed by atoms with Crippen LogP contribution in [0.4, 0.5) is 24.5 Å². The number of nitrogens with one attached hydrogen (secondary N) is 1. The molecule has 1 N–H and O–H groups in total. The van der Waals surface area contributed by atoms with E-state index in [-0.39, 0.29) is 36.8 Å². The van der Waals surface area contributed by atoms with Crippen molar-refractivity contribution in [2.75, 3.05) is 36.4 Å². The van der Waals surface area contributed by atoms with Crippen LogP contribution in [-0.2, 0) is 4.79 Å². The first kappa shape index (κ1) is 21.3. The summed E-state index contributed by atoms with van der Waals surface area (Å²) in [7, 11) is 0. The fourth-order valence-electron chi connectivity index (χ4n) is 3.05. The number of amides is 2. The third-order valence-corrected chi connectivity index (χ3v) is 5.04. The number of hydrogen-bond donors (Lipinski definition) is 1. The molecule has 0 spiro atoms. The van der Waals surface area contributed by atoms with E-state index in [9.17, 15) is 22.8 Å². The highest BCUT2D eigenvalue weighted by Gasteiger charge is 2.43. The van der Waals surface area contributed by atoms with E-state index in [0.29, 0.717) is 16.4 Å². The zero-order chi connectivity index (χ0) is 21.2. The van der Waals surface area contributed by atoms with Crippen LogP contribution in [-0.4, -0.2) is 49.1 Å². The van der Waals surface area contributed by atoms with Crippen molar-refractivity contribution < 1.29 is 22.8 Å². The van der Waals surface area contributed by atoms with Gasteiger partial charge in [-0.1, -0.05) is 35.3 Å². The van der Waals surface area contributed by atoms with Crippen molar-refractivity contribution >= 4 is 46.4 Å². The van der Waals surface area contributed by atoms with Crippen molar-refractivity contribution in [1.29, 1.82) is 0 Å². The molecule has 2 amide bonds. The lowest BCUT2D eigenvalue weighted by Gasteiger charge is -2.37. The third-order valence-electron chi connectivity index (χ3n) is 4.48. The Balaban J connectivity index is 1.77. The Morgan fingerprint density at radius 1 is 0.966 bits per heavy atom. The Hall–Kier alpha value is -2.45. The maximum absolute atomic E-state index is 12.6. The summed E-state index contributed by atoms with van der Waals surface area (Å²) in [5.74, 6) is -2.29. The van der Waals surface area contributed by atoms with Gasteiger partial charge in [-0.15, -0.1) is 0 Å². The average Bonchev–Trinajstić information content (AvgIpc) is 2.67. The topological polar surface area (TPSA) is 52.7 Å². The second-order valence-electron chi connectivity index (χ2n) is 6.37. The molecule has 0 atom stereocenters. The van der Waals surface area contributed by atoms with Gasteiger partial charge in [0.15, 0.2) is 0 Å².